The van der Waals surface area contributed by atoms with Gasteiger partial charge in [0.2, 0.25) is 0 Å². The molecule has 0 saturated heterocycles. The molecule has 2 heterocycles. The minimum atomic E-state index is -0.690. The van der Waals surface area contributed by atoms with Gasteiger partial charge in [0.05, 0.1) is 0 Å². The summed E-state index contributed by atoms with van der Waals surface area (Å²) in [5, 5.41) is 6.83. The number of primary amides is 1. The van der Waals surface area contributed by atoms with Gasteiger partial charge < -0.3 is 15.6 Å². The van der Waals surface area contributed by atoms with Crippen LogP contribution in [0.3, 0.4) is 0 Å². The minimum Gasteiger partial charge on any atom is -0.363 e. The zero-order valence-electron chi connectivity index (χ0n) is 9.64. The van der Waals surface area contributed by atoms with Crippen molar-refractivity contribution in [3.05, 3.63) is 35.2 Å². The highest BCUT2D eigenvalue weighted by Crippen LogP contribution is 2.22. The molecule has 6 nitrogen and oxygen atoms in total. The number of carbonyl (C=O) groups is 1. The molecule has 3 N–H and O–H groups in total. The summed E-state index contributed by atoms with van der Waals surface area (Å²) in [4.78, 5) is 14.9. The standard InChI is InChI=1S/C12H12N4O2/c13-10(17)11-15-12(18-16-11)8-2-1-7-3-4-14-6-9(7)5-8/h1-2,5,14H,3-4,6H2,(H2,13,17). The molecule has 1 amide bonds. The summed E-state index contributed by atoms with van der Waals surface area (Å²) in [7, 11) is 0. The van der Waals surface area contributed by atoms with Crippen LogP contribution in [-0.4, -0.2) is 22.6 Å². The molecule has 0 radical (unpaired) electrons. The second-order valence-corrected chi connectivity index (χ2v) is 4.20. The Hall–Kier alpha value is -2.21. The highest BCUT2D eigenvalue weighted by Gasteiger charge is 2.15. The number of hydrogen-bond donors (Lipinski definition) is 2. The number of nitrogens with zero attached hydrogens (tertiary/aromatic N) is 2. The lowest BCUT2D eigenvalue weighted by Crippen LogP contribution is -2.23. The predicted molar refractivity (Wildman–Crippen MR) is 63.7 cm³/mol. The Morgan fingerprint density at radius 2 is 2.28 bits per heavy atom. The Bertz CT molecular complexity index is 606. The van der Waals surface area contributed by atoms with Gasteiger partial charge >= 0.3 is 0 Å². The maximum atomic E-state index is 10.9. The molecule has 3 rings (SSSR count). The third-order valence-electron chi connectivity index (χ3n) is 2.99. The summed E-state index contributed by atoms with van der Waals surface area (Å²) in [5.74, 6) is -0.470. The Balaban J connectivity index is 1.98. The van der Waals surface area contributed by atoms with Crippen molar-refractivity contribution in [3.63, 3.8) is 0 Å². The van der Waals surface area contributed by atoms with Crippen molar-refractivity contribution in [1.82, 2.24) is 15.5 Å². The molecule has 0 unspecified atom stereocenters. The number of amides is 1. The zero-order chi connectivity index (χ0) is 12.5. The lowest BCUT2D eigenvalue weighted by molar-refractivity contribution is 0.0987. The summed E-state index contributed by atoms with van der Waals surface area (Å²) in [6.45, 7) is 1.83. The molecule has 0 fully saturated rings. The molecule has 1 aliphatic heterocycles. The highest BCUT2D eigenvalue weighted by atomic mass is 16.5. The van der Waals surface area contributed by atoms with Crippen molar-refractivity contribution in [2.75, 3.05) is 6.54 Å². The van der Waals surface area contributed by atoms with Crippen molar-refractivity contribution in [1.29, 1.82) is 0 Å². The van der Waals surface area contributed by atoms with E-state index in [9.17, 15) is 4.79 Å². The first-order chi connectivity index (χ1) is 8.74. The van der Waals surface area contributed by atoms with E-state index in [1.54, 1.807) is 0 Å². The van der Waals surface area contributed by atoms with E-state index in [0.717, 1.165) is 25.1 Å². The molecule has 1 aromatic heterocycles. The normalized spacial score (nSPS) is 14.2. The maximum Gasteiger partial charge on any atom is 0.290 e. The van der Waals surface area contributed by atoms with Gasteiger partial charge in [-0.15, -0.1) is 0 Å². The van der Waals surface area contributed by atoms with E-state index in [-0.39, 0.29) is 5.82 Å². The van der Waals surface area contributed by atoms with Gasteiger partial charge in [0.15, 0.2) is 0 Å². The highest BCUT2D eigenvalue weighted by molar-refractivity contribution is 5.89. The molecular formula is C12H12N4O2. The number of nitrogens with two attached hydrogens (primary N) is 1. The second kappa shape index (κ2) is 4.23. The number of rotatable bonds is 2. The first-order valence-electron chi connectivity index (χ1n) is 5.70. The van der Waals surface area contributed by atoms with Gasteiger partial charge in [-0.1, -0.05) is 11.2 Å². The van der Waals surface area contributed by atoms with Crippen molar-refractivity contribution >= 4 is 5.91 Å². The molecule has 1 aromatic carbocycles. The lowest BCUT2D eigenvalue weighted by atomic mass is 9.98. The van der Waals surface area contributed by atoms with Crippen LogP contribution in [0.5, 0.6) is 0 Å². The Labute approximate surface area is 103 Å². The second-order valence-electron chi connectivity index (χ2n) is 4.20. The SMILES string of the molecule is NC(=O)c1noc(-c2ccc3c(c2)CNCC3)n1. The fourth-order valence-corrected chi connectivity index (χ4v) is 2.05. The number of hydrogen-bond acceptors (Lipinski definition) is 5. The minimum absolute atomic E-state index is 0.0964. The first kappa shape index (κ1) is 10.9. The zero-order valence-corrected chi connectivity index (χ0v) is 9.64. The molecule has 0 atom stereocenters. The predicted octanol–water partition coefficient (Wildman–Crippen LogP) is 0.481. The number of benzene rings is 1. The van der Waals surface area contributed by atoms with E-state index in [1.165, 1.54) is 11.1 Å². The van der Waals surface area contributed by atoms with Crippen LogP contribution in [0, 0.1) is 0 Å². The van der Waals surface area contributed by atoms with Crippen LogP contribution in [0.1, 0.15) is 21.7 Å². The maximum absolute atomic E-state index is 10.9. The number of carbonyl (C=O) groups excluding carboxylic acids is 1. The fraction of sp³-hybridized carbons (Fsp3) is 0.250. The molecule has 6 heteroatoms. The third-order valence-corrected chi connectivity index (χ3v) is 2.99. The molecule has 92 valence electrons. The number of fused-ring (bicyclic) bond motifs is 1. The first-order valence-corrected chi connectivity index (χ1v) is 5.70. The molecule has 0 saturated carbocycles. The van der Waals surface area contributed by atoms with Crippen LogP contribution in [0.2, 0.25) is 0 Å². The fourth-order valence-electron chi connectivity index (χ4n) is 2.05. The smallest absolute Gasteiger partial charge is 0.290 e. The van der Waals surface area contributed by atoms with E-state index >= 15 is 0 Å². The topological polar surface area (TPSA) is 94.0 Å². The van der Waals surface area contributed by atoms with E-state index < -0.39 is 5.91 Å². The van der Waals surface area contributed by atoms with Crippen LogP contribution in [-0.2, 0) is 13.0 Å². The van der Waals surface area contributed by atoms with Crippen molar-refractivity contribution < 1.29 is 9.32 Å². The summed E-state index contributed by atoms with van der Waals surface area (Å²) in [6, 6.07) is 5.97. The van der Waals surface area contributed by atoms with Gasteiger partial charge in [-0.2, -0.15) is 4.98 Å². The van der Waals surface area contributed by atoms with E-state index in [4.69, 9.17) is 10.3 Å². The summed E-state index contributed by atoms with van der Waals surface area (Å²) < 4.78 is 5.02. The van der Waals surface area contributed by atoms with Gasteiger partial charge in [0, 0.05) is 12.1 Å². The van der Waals surface area contributed by atoms with Crippen LogP contribution in [0.15, 0.2) is 22.7 Å². The van der Waals surface area contributed by atoms with Gasteiger partial charge in [-0.05, 0) is 36.2 Å². The molecule has 0 bridgehead atoms. The summed E-state index contributed by atoms with van der Waals surface area (Å²) >= 11 is 0. The molecule has 18 heavy (non-hydrogen) atoms. The van der Waals surface area contributed by atoms with Gasteiger partial charge in [-0.3, -0.25) is 4.79 Å². The average molecular weight is 244 g/mol. The van der Waals surface area contributed by atoms with E-state index in [2.05, 4.69) is 21.5 Å². The van der Waals surface area contributed by atoms with Crippen molar-refractivity contribution in [2.24, 2.45) is 5.73 Å². The lowest BCUT2D eigenvalue weighted by Gasteiger charge is -2.16. The molecule has 2 aromatic rings. The van der Waals surface area contributed by atoms with Gasteiger partial charge in [0.1, 0.15) is 0 Å². The van der Waals surface area contributed by atoms with Crippen LogP contribution in [0.4, 0.5) is 0 Å². The summed E-state index contributed by atoms with van der Waals surface area (Å²) in [6.07, 6.45) is 1.02. The molecule has 0 spiro atoms. The Morgan fingerprint density at radius 3 is 3.06 bits per heavy atom. The largest absolute Gasteiger partial charge is 0.363 e. The molecule has 0 aliphatic carbocycles. The van der Waals surface area contributed by atoms with Crippen LogP contribution in [0.25, 0.3) is 11.5 Å². The Morgan fingerprint density at radius 1 is 1.39 bits per heavy atom. The Kier molecular flexibility index (Phi) is 2.56. The van der Waals surface area contributed by atoms with Crippen LogP contribution < -0.4 is 11.1 Å². The molecular weight excluding hydrogens is 232 g/mol. The quantitative estimate of drug-likeness (QED) is 0.801. The average Bonchev–Trinajstić information content (AvgIpc) is 2.88. The van der Waals surface area contributed by atoms with Crippen molar-refractivity contribution in [2.45, 2.75) is 13.0 Å². The van der Waals surface area contributed by atoms with E-state index in [0.29, 0.717) is 5.89 Å². The number of nitrogens with one attached hydrogen (secondary N) is 1. The van der Waals surface area contributed by atoms with Gasteiger partial charge in [0.25, 0.3) is 17.6 Å². The van der Waals surface area contributed by atoms with E-state index in [1.807, 2.05) is 12.1 Å². The van der Waals surface area contributed by atoms with Crippen molar-refractivity contribution in [3.8, 4) is 11.5 Å². The monoisotopic (exact) mass is 244 g/mol. The molecule has 1 aliphatic rings. The third kappa shape index (κ3) is 1.86. The summed E-state index contributed by atoms with van der Waals surface area (Å²) in [5.41, 5.74) is 8.43. The van der Waals surface area contributed by atoms with Gasteiger partial charge in [-0.25, -0.2) is 0 Å². The number of aromatic nitrogens is 2. The van der Waals surface area contributed by atoms with Crippen LogP contribution >= 0.6 is 0 Å².